The molecule has 160 valence electrons. The van der Waals surface area contributed by atoms with Gasteiger partial charge in [0.2, 0.25) is 0 Å². The van der Waals surface area contributed by atoms with E-state index in [1.54, 1.807) is 4.90 Å². The van der Waals surface area contributed by atoms with Crippen molar-refractivity contribution in [2.75, 3.05) is 31.1 Å². The van der Waals surface area contributed by atoms with Gasteiger partial charge in [0, 0.05) is 43.3 Å². The van der Waals surface area contributed by atoms with Gasteiger partial charge >= 0.3 is 6.09 Å². The highest BCUT2D eigenvalue weighted by Gasteiger charge is 2.26. The second-order valence-electron chi connectivity index (χ2n) is 8.82. The summed E-state index contributed by atoms with van der Waals surface area (Å²) in [5, 5.41) is 2.22. The minimum atomic E-state index is -0.481. The van der Waals surface area contributed by atoms with Crippen LogP contribution in [0.4, 0.5) is 10.6 Å². The lowest BCUT2D eigenvalue weighted by atomic mass is 10.1. The van der Waals surface area contributed by atoms with Crippen LogP contribution in [0.5, 0.6) is 0 Å². The lowest BCUT2D eigenvalue weighted by Crippen LogP contribution is -2.50. The second-order valence-corrected chi connectivity index (χ2v) is 8.82. The van der Waals surface area contributed by atoms with Crippen LogP contribution in [-0.2, 0) is 4.74 Å². The zero-order chi connectivity index (χ0) is 21.6. The van der Waals surface area contributed by atoms with Gasteiger partial charge in [-0.3, -0.25) is 0 Å². The molecular weight excluding hydrogens is 392 g/mol. The molecule has 4 aromatic rings. The van der Waals surface area contributed by atoms with Crippen molar-refractivity contribution in [1.29, 1.82) is 0 Å². The Kier molecular flexibility index (Phi) is 4.57. The van der Waals surface area contributed by atoms with Crippen LogP contribution in [0.3, 0.4) is 0 Å². The van der Waals surface area contributed by atoms with E-state index in [0.717, 1.165) is 46.5 Å². The van der Waals surface area contributed by atoms with Gasteiger partial charge in [0.15, 0.2) is 0 Å². The van der Waals surface area contributed by atoms with Gasteiger partial charge in [-0.05, 0) is 32.9 Å². The zero-order valence-corrected chi connectivity index (χ0v) is 18.0. The molecule has 1 aliphatic heterocycles. The first-order valence-electron chi connectivity index (χ1n) is 10.5. The SMILES string of the molecule is CC(C)(C)OC(=O)N1CCN(c2cn(-c3ccnc4[nH]c5ccccc5c34)cn2)CC1. The molecule has 1 aromatic carbocycles. The highest BCUT2D eigenvalue weighted by atomic mass is 16.6. The number of ether oxygens (including phenoxy) is 1. The molecule has 1 N–H and O–H groups in total. The Morgan fingerprint density at radius 3 is 2.61 bits per heavy atom. The van der Waals surface area contributed by atoms with Gasteiger partial charge in [-0.15, -0.1) is 0 Å². The second kappa shape index (κ2) is 7.30. The van der Waals surface area contributed by atoms with Gasteiger partial charge in [-0.1, -0.05) is 18.2 Å². The molecule has 3 aromatic heterocycles. The van der Waals surface area contributed by atoms with Crippen LogP contribution in [0.25, 0.3) is 27.6 Å². The fourth-order valence-corrected chi connectivity index (χ4v) is 4.02. The molecule has 0 aliphatic carbocycles. The Labute approximate surface area is 180 Å². The zero-order valence-electron chi connectivity index (χ0n) is 18.0. The number of benzene rings is 1. The average Bonchev–Trinajstić information content (AvgIpc) is 3.37. The maximum atomic E-state index is 12.3. The minimum Gasteiger partial charge on any atom is -0.444 e. The smallest absolute Gasteiger partial charge is 0.410 e. The number of carbonyl (C=O) groups is 1. The Balaban J connectivity index is 1.37. The number of aromatic nitrogens is 4. The molecule has 0 spiro atoms. The van der Waals surface area contributed by atoms with E-state index in [1.807, 2.05) is 62.3 Å². The summed E-state index contributed by atoms with van der Waals surface area (Å²) in [6, 6.07) is 10.2. The molecule has 1 saturated heterocycles. The number of pyridine rings is 1. The van der Waals surface area contributed by atoms with Gasteiger partial charge in [0.25, 0.3) is 0 Å². The maximum absolute atomic E-state index is 12.3. The van der Waals surface area contributed by atoms with Gasteiger partial charge in [-0.25, -0.2) is 14.8 Å². The minimum absolute atomic E-state index is 0.254. The van der Waals surface area contributed by atoms with Gasteiger partial charge in [-0.2, -0.15) is 0 Å². The molecule has 5 rings (SSSR count). The first kappa shape index (κ1) is 19.4. The summed E-state index contributed by atoms with van der Waals surface area (Å²) in [6.07, 6.45) is 5.44. The van der Waals surface area contributed by atoms with E-state index >= 15 is 0 Å². The molecule has 8 nitrogen and oxygen atoms in total. The van der Waals surface area contributed by atoms with E-state index in [1.165, 1.54) is 0 Å². The van der Waals surface area contributed by atoms with Crippen LogP contribution in [0, 0.1) is 0 Å². The summed E-state index contributed by atoms with van der Waals surface area (Å²) in [4.78, 5) is 28.8. The predicted molar refractivity (Wildman–Crippen MR) is 121 cm³/mol. The topological polar surface area (TPSA) is 79.3 Å². The predicted octanol–water partition coefficient (Wildman–Crippen LogP) is 3.96. The lowest BCUT2D eigenvalue weighted by Gasteiger charge is -2.35. The maximum Gasteiger partial charge on any atom is 0.410 e. The molecule has 4 heterocycles. The number of H-pyrrole nitrogens is 1. The van der Waals surface area contributed by atoms with E-state index in [9.17, 15) is 4.79 Å². The summed E-state index contributed by atoms with van der Waals surface area (Å²) in [5.74, 6) is 0.897. The third-order valence-electron chi connectivity index (χ3n) is 5.48. The largest absolute Gasteiger partial charge is 0.444 e. The number of anilines is 1. The van der Waals surface area contributed by atoms with Gasteiger partial charge in [0.05, 0.1) is 17.3 Å². The molecule has 0 atom stereocenters. The quantitative estimate of drug-likeness (QED) is 0.533. The number of amides is 1. The van der Waals surface area contributed by atoms with Crippen molar-refractivity contribution >= 4 is 33.8 Å². The fraction of sp³-hybridized carbons (Fsp3) is 0.348. The van der Waals surface area contributed by atoms with Crippen LogP contribution in [-0.4, -0.2) is 62.3 Å². The number of aromatic amines is 1. The van der Waals surface area contributed by atoms with Crippen LogP contribution in [0.2, 0.25) is 0 Å². The Bertz CT molecular complexity index is 1240. The standard InChI is InChI=1S/C23H26N6O2/c1-23(2,3)31-22(30)28-12-10-27(11-13-28)19-14-29(15-25-19)18-8-9-24-21-20(18)16-6-4-5-7-17(16)26-21/h4-9,14-15H,10-13H2,1-3H3,(H,24,26). The molecule has 1 aliphatic rings. The number of para-hydroxylation sites is 1. The molecule has 1 amide bonds. The molecule has 1 fully saturated rings. The monoisotopic (exact) mass is 418 g/mol. The van der Waals surface area contributed by atoms with Crippen molar-refractivity contribution in [3.8, 4) is 5.69 Å². The van der Waals surface area contributed by atoms with Crippen LogP contribution in [0.15, 0.2) is 49.1 Å². The summed E-state index contributed by atoms with van der Waals surface area (Å²) < 4.78 is 7.53. The molecule has 0 bridgehead atoms. The molecular formula is C23H26N6O2. The average molecular weight is 419 g/mol. The highest BCUT2D eigenvalue weighted by Crippen LogP contribution is 2.30. The van der Waals surface area contributed by atoms with E-state index in [0.29, 0.717) is 13.1 Å². The van der Waals surface area contributed by atoms with E-state index in [2.05, 4.69) is 32.0 Å². The summed E-state index contributed by atoms with van der Waals surface area (Å²) in [6.45, 7) is 8.32. The summed E-state index contributed by atoms with van der Waals surface area (Å²) in [7, 11) is 0. The van der Waals surface area contributed by atoms with Crippen LogP contribution >= 0.6 is 0 Å². The lowest BCUT2D eigenvalue weighted by molar-refractivity contribution is 0.0240. The Morgan fingerprint density at radius 1 is 1.06 bits per heavy atom. The number of hydrogen-bond donors (Lipinski definition) is 1. The number of nitrogens with one attached hydrogen (secondary N) is 1. The van der Waals surface area contributed by atoms with Crippen LogP contribution in [0.1, 0.15) is 20.8 Å². The summed E-state index contributed by atoms with van der Waals surface area (Å²) in [5.41, 5.74) is 2.48. The van der Waals surface area contributed by atoms with Crippen molar-refractivity contribution in [3.63, 3.8) is 0 Å². The van der Waals surface area contributed by atoms with Gasteiger partial charge in [0.1, 0.15) is 23.4 Å². The first-order valence-corrected chi connectivity index (χ1v) is 10.5. The van der Waals surface area contributed by atoms with Crippen molar-refractivity contribution in [2.24, 2.45) is 0 Å². The molecule has 0 saturated carbocycles. The number of piperazine rings is 1. The number of rotatable bonds is 2. The van der Waals surface area contributed by atoms with Crippen molar-refractivity contribution < 1.29 is 9.53 Å². The van der Waals surface area contributed by atoms with Crippen LogP contribution < -0.4 is 4.90 Å². The normalized spacial score (nSPS) is 15.1. The number of nitrogens with zero attached hydrogens (tertiary/aromatic N) is 5. The molecule has 31 heavy (non-hydrogen) atoms. The third-order valence-corrected chi connectivity index (χ3v) is 5.48. The highest BCUT2D eigenvalue weighted by molar-refractivity contribution is 6.09. The molecule has 0 unspecified atom stereocenters. The number of imidazole rings is 1. The van der Waals surface area contributed by atoms with Crippen molar-refractivity contribution in [2.45, 2.75) is 26.4 Å². The van der Waals surface area contributed by atoms with E-state index in [-0.39, 0.29) is 6.09 Å². The molecule has 8 heteroatoms. The first-order chi connectivity index (χ1) is 14.9. The Morgan fingerprint density at radius 2 is 1.84 bits per heavy atom. The van der Waals surface area contributed by atoms with Gasteiger partial charge < -0.3 is 24.1 Å². The molecule has 0 radical (unpaired) electrons. The third kappa shape index (κ3) is 3.69. The van der Waals surface area contributed by atoms with E-state index < -0.39 is 5.60 Å². The van der Waals surface area contributed by atoms with Crippen molar-refractivity contribution in [1.82, 2.24) is 24.4 Å². The fourth-order valence-electron chi connectivity index (χ4n) is 4.02. The number of carbonyl (C=O) groups excluding carboxylic acids is 1. The van der Waals surface area contributed by atoms with E-state index in [4.69, 9.17) is 4.74 Å². The number of fused-ring (bicyclic) bond motifs is 3. The number of hydrogen-bond acceptors (Lipinski definition) is 5. The van der Waals surface area contributed by atoms with Crippen molar-refractivity contribution in [3.05, 3.63) is 49.1 Å². The Hall–Kier alpha value is -3.55. The summed E-state index contributed by atoms with van der Waals surface area (Å²) >= 11 is 0.